The lowest BCUT2D eigenvalue weighted by Gasteiger charge is -2.13. The standard InChI is InChI=1S/C38H33N3O5S/c1-45-31-20-21-33(35(24-31)46-2)40-36(42)25-47-32-15-9-14-30(23-32)39-38(44)34(41-37(43)29-12-7-4-8-13-29)22-26-16-18-28(19-17-26)27-10-5-3-6-11-27/h3-24H,25H2,1-2H3,(H,39,44)(H,40,42)(H,41,43)/b34-22+. The number of amides is 3. The number of benzene rings is 5. The molecule has 3 amide bonds. The van der Waals surface area contributed by atoms with Gasteiger partial charge in [-0.05, 0) is 65.2 Å². The van der Waals surface area contributed by atoms with Gasteiger partial charge in [-0.15, -0.1) is 11.8 Å². The maximum absolute atomic E-state index is 13.6. The number of hydrogen-bond acceptors (Lipinski definition) is 6. The van der Waals surface area contributed by atoms with Crippen molar-refractivity contribution in [2.45, 2.75) is 4.90 Å². The first-order valence-electron chi connectivity index (χ1n) is 14.7. The minimum absolute atomic E-state index is 0.0807. The van der Waals surface area contributed by atoms with Gasteiger partial charge < -0.3 is 25.4 Å². The van der Waals surface area contributed by atoms with Crippen LogP contribution in [0.5, 0.6) is 11.5 Å². The lowest BCUT2D eigenvalue weighted by atomic mass is 10.0. The monoisotopic (exact) mass is 643 g/mol. The highest BCUT2D eigenvalue weighted by Crippen LogP contribution is 2.30. The van der Waals surface area contributed by atoms with Crippen LogP contribution >= 0.6 is 11.8 Å². The molecular weight excluding hydrogens is 611 g/mol. The van der Waals surface area contributed by atoms with Gasteiger partial charge in [-0.25, -0.2) is 0 Å². The van der Waals surface area contributed by atoms with Crippen molar-refractivity contribution in [3.05, 3.63) is 144 Å². The van der Waals surface area contributed by atoms with Gasteiger partial charge in [-0.1, -0.05) is 78.9 Å². The Bertz CT molecular complexity index is 1880. The van der Waals surface area contributed by atoms with Crippen molar-refractivity contribution in [3.63, 3.8) is 0 Å². The first-order chi connectivity index (χ1) is 22.9. The van der Waals surface area contributed by atoms with Crippen LogP contribution < -0.4 is 25.4 Å². The molecule has 0 spiro atoms. The summed E-state index contributed by atoms with van der Waals surface area (Å²) in [4.78, 5) is 40.1. The third kappa shape index (κ3) is 9.12. The topological polar surface area (TPSA) is 106 Å². The van der Waals surface area contributed by atoms with Gasteiger partial charge in [-0.3, -0.25) is 14.4 Å². The Kier molecular flexibility index (Phi) is 11.1. The fourth-order valence-electron chi connectivity index (χ4n) is 4.61. The van der Waals surface area contributed by atoms with E-state index in [4.69, 9.17) is 9.47 Å². The number of thioether (sulfide) groups is 1. The van der Waals surface area contributed by atoms with E-state index in [9.17, 15) is 14.4 Å². The van der Waals surface area contributed by atoms with E-state index in [1.54, 1.807) is 73.8 Å². The predicted octanol–water partition coefficient (Wildman–Crippen LogP) is 7.51. The van der Waals surface area contributed by atoms with Crippen molar-refractivity contribution in [2.24, 2.45) is 0 Å². The van der Waals surface area contributed by atoms with Crippen LogP contribution in [0.15, 0.2) is 138 Å². The van der Waals surface area contributed by atoms with Crippen molar-refractivity contribution >= 4 is 46.9 Å². The molecule has 3 N–H and O–H groups in total. The van der Waals surface area contributed by atoms with Gasteiger partial charge >= 0.3 is 0 Å². The van der Waals surface area contributed by atoms with Crippen LogP contribution in [-0.2, 0) is 9.59 Å². The summed E-state index contributed by atoms with van der Waals surface area (Å²) in [5.74, 6) is 0.114. The van der Waals surface area contributed by atoms with E-state index in [-0.39, 0.29) is 17.4 Å². The number of ether oxygens (including phenoxy) is 2. The molecule has 0 aromatic heterocycles. The molecule has 0 aliphatic heterocycles. The largest absolute Gasteiger partial charge is 0.497 e. The lowest BCUT2D eigenvalue weighted by Crippen LogP contribution is -2.30. The molecule has 5 aromatic carbocycles. The molecule has 8 nitrogen and oxygen atoms in total. The summed E-state index contributed by atoms with van der Waals surface area (Å²) in [6.45, 7) is 0. The summed E-state index contributed by atoms with van der Waals surface area (Å²) in [7, 11) is 3.08. The average molecular weight is 644 g/mol. The van der Waals surface area contributed by atoms with Crippen LogP contribution in [0.25, 0.3) is 17.2 Å². The number of methoxy groups -OCH3 is 2. The zero-order valence-electron chi connectivity index (χ0n) is 25.9. The number of carbonyl (C=O) groups excluding carboxylic acids is 3. The van der Waals surface area contributed by atoms with Crippen LogP contribution in [0, 0.1) is 0 Å². The fraction of sp³-hybridized carbons (Fsp3) is 0.0789. The molecule has 236 valence electrons. The number of hydrogen-bond donors (Lipinski definition) is 3. The van der Waals surface area contributed by atoms with E-state index in [1.165, 1.54) is 18.9 Å². The molecule has 0 atom stereocenters. The van der Waals surface area contributed by atoms with Crippen molar-refractivity contribution in [1.29, 1.82) is 0 Å². The first kappa shape index (κ1) is 32.6. The summed E-state index contributed by atoms with van der Waals surface area (Å²) in [6.07, 6.45) is 1.64. The normalized spacial score (nSPS) is 10.9. The second-order valence-corrected chi connectivity index (χ2v) is 11.3. The van der Waals surface area contributed by atoms with E-state index in [1.807, 2.05) is 66.7 Å². The average Bonchev–Trinajstić information content (AvgIpc) is 3.11. The molecule has 5 rings (SSSR count). The van der Waals surface area contributed by atoms with Crippen LogP contribution in [0.4, 0.5) is 11.4 Å². The predicted molar refractivity (Wildman–Crippen MR) is 188 cm³/mol. The van der Waals surface area contributed by atoms with E-state index in [0.717, 1.165) is 21.6 Å². The molecule has 47 heavy (non-hydrogen) atoms. The van der Waals surface area contributed by atoms with Crippen LogP contribution in [0.1, 0.15) is 15.9 Å². The highest BCUT2D eigenvalue weighted by Gasteiger charge is 2.16. The van der Waals surface area contributed by atoms with E-state index >= 15 is 0 Å². The maximum atomic E-state index is 13.6. The van der Waals surface area contributed by atoms with Crippen LogP contribution in [0.2, 0.25) is 0 Å². The van der Waals surface area contributed by atoms with Crippen molar-refractivity contribution in [1.82, 2.24) is 5.32 Å². The summed E-state index contributed by atoms with van der Waals surface area (Å²) in [5.41, 5.74) is 4.41. The van der Waals surface area contributed by atoms with Crippen molar-refractivity contribution in [2.75, 3.05) is 30.6 Å². The Hall–Kier alpha value is -5.80. The molecule has 9 heteroatoms. The summed E-state index contributed by atoms with van der Waals surface area (Å²) < 4.78 is 10.6. The Morgan fingerprint density at radius 2 is 1.40 bits per heavy atom. The molecule has 0 fully saturated rings. The quantitative estimate of drug-likeness (QED) is 0.0960. The number of nitrogens with one attached hydrogen (secondary N) is 3. The maximum Gasteiger partial charge on any atom is 0.272 e. The lowest BCUT2D eigenvalue weighted by molar-refractivity contribution is -0.114. The minimum atomic E-state index is -0.493. The molecule has 0 aliphatic carbocycles. The fourth-order valence-corrected chi connectivity index (χ4v) is 5.37. The second-order valence-electron chi connectivity index (χ2n) is 10.3. The summed E-state index contributed by atoms with van der Waals surface area (Å²) in [6, 6.07) is 38.7. The van der Waals surface area contributed by atoms with Crippen LogP contribution in [0.3, 0.4) is 0 Å². The number of rotatable bonds is 12. The minimum Gasteiger partial charge on any atom is -0.497 e. The Morgan fingerprint density at radius 1 is 0.702 bits per heavy atom. The number of carbonyl (C=O) groups is 3. The Labute approximate surface area is 277 Å². The van der Waals surface area contributed by atoms with Gasteiger partial charge in [0.25, 0.3) is 11.8 Å². The second kappa shape index (κ2) is 16.0. The molecule has 0 bridgehead atoms. The zero-order valence-corrected chi connectivity index (χ0v) is 26.7. The molecule has 5 aromatic rings. The highest BCUT2D eigenvalue weighted by molar-refractivity contribution is 8.00. The molecular formula is C38H33N3O5S. The molecule has 0 heterocycles. The first-order valence-corrected chi connectivity index (χ1v) is 15.7. The summed E-state index contributed by atoms with van der Waals surface area (Å²) in [5, 5.41) is 8.52. The van der Waals surface area contributed by atoms with Crippen molar-refractivity contribution in [3.8, 4) is 22.6 Å². The van der Waals surface area contributed by atoms with Gasteiger partial charge in [0.15, 0.2) is 0 Å². The molecule has 0 unspecified atom stereocenters. The smallest absolute Gasteiger partial charge is 0.272 e. The Morgan fingerprint density at radius 3 is 2.11 bits per heavy atom. The van der Waals surface area contributed by atoms with Gasteiger partial charge in [0.05, 0.1) is 25.7 Å². The number of anilines is 2. The molecule has 0 saturated carbocycles. The van der Waals surface area contributed by atoms with E-state index in [2.05, 4.69) is 16.0 Å². The van der Waals surface area contributed by atoms with Crippen molar-refractivity contribution < 1.29 is 23.9 Å². The van der Waals surface area contributed by atoms with Gasteiger partial charge in [-0.2, -0.15) is 0 Å². The summed E-state index contributed by atoms with van der Waals surface area (Å²) >= 11 is 1.32. The van der Waals surface area contributed by atoms with Gasteiger partial charge in [0, 0.05) is 22.2 Å². The third-order valence-electron chi connectivity index (χ3n) is 7.00. The third-order valence-corrected chi connectivity index (χ3v) is 8.00. The zero-order chi connectivity index (χ0) is 33.0. The van der Waals surface area contributed by atoms with E-state index < -0.39 is 11.8 Å². The SMILES string of the molecule is COc1ccc(NC(=O)CSc2cccc(NC(=O)/C(=C\c3ccc(-c4ccccc4)cc3)NC(=O)c3ccccc3)c2)c(OC)c1. The highest BCUT2D eigenvalue weighted by atomic mass is 32.2. The Balaban J connectivity index is 1.28. The van der Waals surface area contributed by atoms with Crippen LogP contribution in [-0.4, -0.2) is 37.7 Å². The van der Waals surface area contributed by atoms with Gasteiger partial charge in [0.2, 0.25) is 5.91 Å². The molecule has 0 saturated heterocycles. The molecule has 0 radical (unpaired) electrons. The van der Waals surface area contributed by atoms with Gasteiger partial charge in [0.1, 0.15) is 17.2 Å². The van der Waals surface area contributed by atoms with E-state index in [0.29, 0.717) is 28.4 Å². The molecule has 0 aliphatic rings.